The van der Waals surface area contributed by atoms with Gasteiger partial charge in [-0.1, -0.05) is 6.92 Å². The molecule has 1 rings (SSSR count). The fourth-order valence-electron chi connectivity index (χ4n) is 2.26. The van der Waals surface area contributed by atoms with Gasteiger partial charge in [-0.3, -0.25) is 4.68 Å². The summed E-state index contributed by atoms with van der Waals surface area (Å²) in [4.78, 5) is 0. The number of aryl methyl sites for hydroxylation is 1. The molecule has 0 aliphatic carbocycles. The molecule has 0 radical (unpaired) electrons. The van der Waals surface area contributed by atoms with Crippen molar-refractivity contribution in [2.24, 2.45) is 0 Å². The molecule has 0 saturated carbocycles. The van der Waals surface area contributed by atoms with E-state index in [9.17, 15) is 0 Å². The first-order valence-electron chi connectivity index (χ1n) is 6.61. The number of nitrogens with one attached hydrogen (secondary N) is 1. The Morgan fingerprint density at radius 1 is 1.39 bits per heavy atom. The van der Waals surface area contributed by atoms with Gasteiger partial charge in [-0.25, -0.2) is 0 Å². The van der Waals surface area contributed by atoms with Crippen LogP contribution in [0.15, 0.2) is 6.20 Å². The van der Waals surface area contributed by atoms with Gasteiger partial charge in [0.1, 0.15) is 0 Å². The molecule has 0 spiro atoms. The Bertz CT molecular complexity index is 331. The van der Waals surface area contributed by atoms with Crippen molar-refractivity contribution in [2.45, 2.75) is 45.9 Å². The number of hydrogen-bond acceptors (Lipinski definition) is 4. The van der Waals surface area contributed by atoms with Gasteiger partial charge < -0.3 is 14.8 Å². The third-order valence-corrected chi connectivity index (χ3v) is 3.12. The van der Waals surface area contributed by atoms with E-state index in [-0.39, 0.29) is 12.1 Å². The lowest BCUT2D eigenvalue weighted by Gasteiger charge is -2.27. The summed E-state index contributed by atoms with van der Waals surface area (Å²) in [5, 5.41) is 7.67. The van der Waals surface area contributed by atoms with Crippen LogP contribution >= 0.6 is 0 Å². The number of aromatic nitrogens is 2. The van der Waals surface area contributed by atoms with Crippen LogP contribution in [-0.2, 0) is 11.3 Å². The third-order valence-electron chi connectivity index (χ3n) is 3.12. The van der Waals surface area contributed by atoms with Crippen molar-refractivity contribution in [3.05, 3.63) is 11.9 Å². The predicted molar refractivity (Wildman–Crippen MR) is 72.0 cm³/mol. The number of methoxy groups -OCH3 is 1. The molecule has 0 amide bonds. The maximum absolute atomic E-state index is 5.81. The normalized spacial score (nSPS) is 14.5. The van der Waals surface area contributed by atoms with Crippen LogP contribution in [0.25, 0.3) is 0 Å². The van der Waals surface area contributed by atoms with Crippen LogP contribution < -0.4 is 10.1 Å². The van der Waals surface area contributed by atoms with Crippen LogP contribution in [0.1, 0.15) is 38.9 Å². The van der Waals surface area contributed by atoms with Crippen molar-refractivity contribution in [3.8, 4) is 5.75 Å². The Morgan fingerprint density at radius 2 is 2.11 bits per heavy atom. The number of rotatable bonds is 8. The number of nitrogens with zero attached hydrogens (tertiary/aromatic N) is 2. The summed E-state index contributed by atoms with van der Waals surface area (Å²) in [7, 11) is 3.62. The van der Waals surface area contributed by atoms with Gasteiger partial charge in [-0.15, -0.1) is 0 Å². The van der Waals surface area contributed by atoms with Gasteiger partial charge in [0.2, 0.25) is 0 Å². The highest BCUT2D eigenvalue weighted by atomic mass is 16.5. The highest BCUT2D eigenvalue weighted by Crippen LogP contribution is 2.29. The molecule has 0 aliphatic heterocycles. The maximum Gasteiger partial charge on any atom is 0.161 e. The van der Waals surface area contributed by atoms with Crippen molar-refractivity contribution in [1.82, 2.24) is 15.1 Å². The molecule has 1 aromatic rings. The van der Waals surface area contributed by atoms with E-state index < -0.39 is 0 Å². The molecule has 0 fully saturated rings. The Hall–Kier alpha value is -1.07. The van der Waals surface area contributed by atoms with E-state index in [0.717, 1.165) is 24.4 Å². The van der Waals surface area contributed by atoms with Gasteiger partial charge in [0.25, 0.3) is 0 Å². The molecule has 2 unspecified atom stereocenters. The zero-order valence-electron chi connectivity index (χ0n) is 12.1. The topological polar surface area (TPSA) is 48.3 Å². The molecule has 0 bridgehead atoms. The van der Waals surface area contributed by atoms with Gasteiger partial charge in [0, 0.05) is 13.2 Å². The van der Waals surface area contributed by atoms with Gasteiger partial charge in [-0.2, -0.15) is 5.10 Å². The minimum atomic E-state index is 0.0901. The molecule has 18 heavy (non-hydrogen) atoms. The highest BCUT2D eigenvalue weighted by Gasteiger charge is 2.27. The largest absolute Gasteiger partial charge is 0.493 e. The first kappa shape index (κ1) is 15.0. The first-order chi connectivity index (χ1) is 8.73. The molecular weight excluding hydrogens is 230 g/mol. The summed E-state index contributed by atoms with van der Waals surface area (Å²) in [6.45, 7) is 7.75. The number of hydrogen-bond donors (Lipinski definition) is 1. The first-order valence-corrected chi connectivity index (χ1v) is 6.61. The third kappa shape index (κ3) is 3.03. The number of likely N-dealkylation sites (N-methyl/N-ethyl adjacent to an activating group) is 1. The molecular formula is C13H25N3O2. The molecule has 1 N–H and O–H groups in total. The summed E-state index contributed by atoms with van der Waals surface area (Å²) < 4.78 is 13.2. The van der Waals surface area contributed by atoms with Crippen LogP contribution in [0.2, 0.25) is 0 Å². The van der Waals surface area contributed by atoms with Crippen molar-refractivity contribution in [1.29, 1.82) is 0 Å². The quantitative estimate of drug-likeness (QED) is 0.771. The Labute approximate surface area is 109 Å². The van der Waals surface area contributed by atoms with Crippen molar-refractivity contribution in [2.75, 3.05) is 20.8 Å². The zero-order chi connectivity index (χ0) is 13.5. The standard InChI is InChI=1S/C13H25N3O2/c1-6-10(18-8-3)12(14-4)13-11(17-5)9-15-16(13)7-2/h9-10,12,14H,6-8H2,1-5H3. The van der Waals surface area contributed by atoms with Crippen molar-refractivity contribution < 1.29 is 9.47 Å². The predicted octanol–water partition coefficient (Wildman–Crippen LogP) is 1.99. The molecule has 1 heterocycles. The van der Waals surface area contributed by atoms with Gasteiger partial charge in [0.15, 0.2) is 5.75 Å². The lowest BCUT2D eigenvalue weighted by Crippen LogP contribution is -2.33. The molecule has 5 nitrogen and oxygen atoms in total. The van der Waals surface area contributed by atoms with E-state index in [4.69, 9.17) is 9.47 Å². The van der Waals surface area contributed by atoms with Crippen molar-refractivity contribution >= 4 is 0 Å². The second kappa shape index (κ2) is 7.38. The summed E-state index contributed by atoms with van der Waals surface area (Å²) >= 11 is 0. The molecule has 0 saturated heterocycles. The summed E-state index contributed by atoms with van der Waals surface area (Å²) in [6, 6.07) is 0.0901. The molecule has 2 atom stereocenters. The fourth-order valence-corrected chi connectivity index (χ4v) is 2.26. The van der Waals surface area contributed by atoms with E-state index in [0.29, 0.717) is 6.61 Å². The monoisotopic (exact) mass is 255 g/mol. The van der Waals surface area contributed by atoms with Crippen LogP contribution in [0.4, 0.5) is 0 Å². The van der Waals surface area contributed by atoms with Crippen molar-refractivity contribution in [3.63, 3.8) is 0 Å². The van der Waals surface area contributed by atoms with Crippen LogP contribution in [-0.4, -0.2) is 36.6 Å². The molecule has 0 aliphatic rings. The highest BCUT2D eigenvalue weighted by molar-refractivity contribution is 5.29. The summed E-state index contributed by atoms with van der Waals surface area (Å²) in [5.74, 6) is 0.814. The Balaban J connectivity index is 3.09. The average molecular weight is 255 g/mol. The SMILES string of the molecule is CCOC(CC)C(NC)c1c(OC)cnn1CC. The minimum absolute atomic E-state index is 0.0901. The Morgan fingerprint density at radius 3 is 2.56 bits per heavy atom. The van der Waals surface area contributed by atoms with Gasteiger partial charge in [0.05, 0.1) is 31.1 Å². The van der Waals surface area contributed by atoms with E-state index in [1.165, 1.54) is 0 Å². The molecule has 5 heteroatoms. The van der Waals surface area contributed by atoms with Gasteiger partial charge >= 0.3 is 0 Å². The minimum Gasteiger partial charge on any atom is -0.493 e. The molecule has 0 aromatic carbocycles. The molecule has 1 aromatic heterocycles. The van der Waals surface area contributed by atoms with E-state index in [2.05, 4.69) is 24.3 Å². The van der Waals surface area contributed by atoms with Crippen LogP contribution in [0.3, 0.4) is 0 Å². The fraction of sp³-hybridized carbons (Fsp3) is 0.769. The lowest BCUT2D eigenvalue weighted by molar-refractivity contribution is 0.0305. The molecule has 104 valence electrons. The van der Waals surface area contributed by atoms with Crippen LogP contribution in [0, 0.1) is 0 Å². The summed E-state index contributed by atoms with van der Waals surface area (Å²) in [5.41, 5.74) is 1.06. The maximum atomic E-state index is 5.81. The zero-order valence-corrected chi connectivity index (χ0v) is 12.1. The van der Waals surface area contributed by atoms with Crippen LogP contribution in [0.5, 0.6) is 5.75 Å². The number of ether oxygens (including phenoxy) is 2. The second-order valence-corrected chi connectivity index (χ2v) is 4.08. The second-order valence-electron chi connectivity index (χ2n) is 4.08. The summed E-state index contributed by atoms with van der Waals surface area (Å²) in [6.07, 6.45) is 2.83. The Kier molecular flexibility index (Phi) is 6.15. The van der Waals surface area contributed by atoms with Gasteiger partial charge in [-0.05, 0) is 27.3 Å². The smallest absolute Gasteiger partial charge is 0.161 e. The lowest BCUT2D eigenvalue weighted by atomic mass is 10.0. The average Bonchev–Trinajstić information content (AvgIpc) is 2.81. The van der Waals surface area contributed by atoms with E-state index in [1.807, 2.05) is 18.7 Å². The van der Waals surface area contributed by atoms with E-state index >= 15 is 0 Å². The van der Waals surface area contributed by atoms with E-state index in [1.54, 1.807) is 13.3 Å².